The van der Waals surface area contributed by atoms with Gasteiger partial charge in [-0.25, -0.2) is 0 Å². The van der Waals surface area contributed by atoms with Crippen molar-refractivity contribution < 1.29 is 14.1 Å². The molecule has 0 saturated heterocycles. The molecule has 0 amide bonds. The molecule has 0 saturated carbocycles. The number of ether oxygens (including phenoxy) is 1. The molecule has 1 unspecified atom stereocenters. The lowest BCUT2D eigenvalue weighted by atomic mass is 9.84. The van der Waals surface area contributed by atoms with E-state index in [1.165, 1.54) is 60.3 Å². The molecule has 7 heterocycles. The average molecular weight is 649 g/mol. The van der Waals surface area contributed by atoms with Gasteiger partial charge in [0.25, 0.3) is 5.82 Å². The molecule has 50 heavy (non-hydrogen) atoms. The topological polar surface area (TPSA) is 44.7 Å². The maximum absolute atomic E-state index is 6.85. The zero-order valence-corrected chi connectivity index (χ0v) is 28.2. The summed E-state index contributed by atoms with van der Waals surface area (Å²) in [4.78, 5) is 2.26. The molecule has 3 aliphatic rings. The molecule has 4 aromatic heterocycles. The Bertz CT molecular complexity index is 3050. The number of aromatic nitrogens is 6. The van der Waals surface area contributed by atoms with Crippen LogP contribution in [0.5, 0.6) is 11.5 Å². The molecule has 7 heteroatoms. The van der Waals surface area contributed by atoms with Gasteiger partial charge in [-0.3, -0.25) is 0 Å². The lowest BCUT2D eigenvalue weighted by Crippen LogP contribution is -2.77. The first kappa shape index (κ1) is 26.7. The van der Waals surface area contributed by atoms with Gasteiger partial charge in [0.15, 0.2) is 22.3 Å². The molecule has 0 radical (unpaired) electrons. The van der Waals surface area contributed by atoms with E-state index in [4.69, 9.17) is 9.84 Å². The minimum atomic E-state index is -0.812. The number of fused-ring (bicyclic) bond motifs is 10. The standard InChI is InChI=1S/C43H32N6O/c1-5-45-31-15-8-6-14-28(31)30-23-24(2)37(25(3)41(30)45)40-26(4)48-33-17-12-18-34-38(33)43(49(48)44-40)39-35(50-34)21-20-29-27-13-7-9-16-32(27)47(42(29)39)36-19-10-11-22-46(36)43/h6-23H,5H2,1-4H3/q+2. The smallest absolute Gasteiger partial charge is 0.423 e. The fourth-order valence-electron chi connectivity index (χ4n) is 9.96. The second kappa shape index (κ2) is 8.68. The monoisotopic (exact) mass is 648 g/mol. The van der Waals surface area contributed by atoms with Crippen LogP contribution in [0, 0.1) is 20.8 Å². The van der Waals surface area contributed by atoms with Crippen LogP contribution in [0.4, 0.5) is 0 Å². The highest BCUT2D eigenvalue weighted by Crippen LogP contribution is 2.55. The van der Waals surface area contributed by atoms with Gasteiger partial charge in [0.1, 0.15) is 28.4 Å². The number of hydrogen-bond donors (Lipinski definition) is 0. The summed E-state index contributed by atoms with van der Waals surface area (Å²) in [5, 5.41) is 10.8. The lowest BCUT2D eigenvalue weighted by Gasteiger charge is -2.31. The van der Waals surface area contributed by atoms with Gasteiger partial charge >= 0.3 is 5.66 Å². The van der Waals surface area contributed by atoms with E-state index in [0.29, 0.717) is 0 Å². The highest BCUT2D eigenvalue weighted by molar-refractivity contribution is 6.12. The SMILES string of the molecule is CCn1c2ccccc2c2cc(C)c(-c3n[n+]4n(c3C)-c3cccc5c3C43c4c(ccc6c7ccccc7n(c46)-c4cccc[n+]43)O5)c(C)c21. The van der Waals surface area contributed by atoms with Crippen LogP contribution in [0.3, 0.4) is 0 Å². The van der Waals surface area contributed by atoms with Gasteiger partial charge in [-0.2, -0.15) is 9.13 Å². The molecule has 9 aromatic rings. The van der Waals surface area contributed by atoms with E-state index in [2.05, 4.69) is 160 Å². The molecular formula is C43H32N6O+2. The maximum Gasteiger partial charge on any atom is 0.423 e. The third-order valence-electron chi connectivity index (χ3n) is 11.7. The molecule has 0 aliphatic carbocycles. The fourth-order valence-corrected chi connectivity index (χ4v) is 9.96. The molecule has 0 N–H and O–H groups in total. The van der Waals surface area contributed by atoms with Crippen molar-refractivity contribution in [3.8, 4) is 34.3 Å². The number of aryl methyl sites for hydroxylation is 3. The van der Waals surface area contributed by atoms with Gasteiger partial charge in [-0.1, -0.05) is 47.1 Å². The molecule has 0 fully saturated rings. The van der Waals surface area contributed by atoms with Crippen LogP contribution in [0.1, 0.15) is 34.9 Å². The molecule has 3 aliphatic heterocycles. The van der Waals surface area contributed by atoms with Gasteiger partial charge in [0.2, 0.25) is 0 Å². The van der Waals surface area contributed by atoms with Crippen molar-refractivity contribution in [1.82, 2.24) is 18.9 Å². The summed E-state index contributed by atoms with van der Waals surface area (Å²) in [5.41, 5.74) is 13.2. The molecule has 12 rings (SSSR count). The highest BCUT2D eigenvalue weighted by atomic mass is 16.5. The number of hydrogen-bond acceptors (Lipinski definition) is 2. The molecule has 7 nitrogen and oxygen atoms in total. The van der Waals surface area contributed by atoms with E-state index in [0.717, 1.165) is 52.1 Å². The van der Waals surface area contributed by atoms with Crippen LogP contribution in [0.2, 0.25) is 0 Å². The molecule has 1 spiro atoms. The van der Waals surface area contributed by atoms with Crippen LogP contribution in [0.15, 0.2) is 109 Å². The second-order valence-corrected chi connectivity index (χ2v) is 14.0. The predicted molar refractivity (Wildman–Crippen MR) is 195 cm³/mol. The lowest BCUT2D eigenvalue weighted by molar-refractivity contribution is -1.02. The summed E-state index contributed by atoms with van der Waals surface area (Å²) in [5.74, 6) is 2.81. The first-order chi connectivity index (χ1) is 24.5. The quantitative estimate of drug-likeness (QED) is 0.177. The Balaban J connectivity index is 1.25. The van der Waals surface area contributed by atoms with E-state index >= 15 is 0 Å². The van der Waals surface area contributed by atoms with Crippen molar-refractivity contribution in [3.63, 3.8) is 0 Å². The normalized spacial score (nSPS) is 16.3. The Labute approximate surface area is 287 Å². The van der Waals surface area contributed by atoms with Gasteiger partial charge < -0.3 is 9.30 Å². The largest absolute Gasteiger partial charge is 0.456 e. The van der Waals surface area contributed by atoms with Crippen LogP contribution in [-0.4, -0.2) is 18.9 Å². The van der Waals surface area contributed by atoms with E-state index in [9.17, 15) is 0 Å². The van der Waals surface area contributed by atoms with E-state index in [-0.39, 0.29) is 0 Å². The number of para-hydroxylation sites is 2. The minimum Gasteiger partial charge on any atom is -0.456 e. The molecule has 238 valence electrons. The third kappa shape index (κ3) is 2.72. The van der Waals surface area contributed by atoms with Crippen LogP contribution in [-0.2, 0) is 12.2 Å². The van der Waals surface area contributed by atoms with Gasteiger partial charge in [0.05, 0.1) is 16.5 Å². The number of pyridine rings is 1. The Morgan fingerprint density at radius 1 is 0.720 bits per heavy atom. The zero-order valence-electron chi connectivity index (χ0n) is 28.2. The van der Waals surface area contributed by atoms with Gasteiger partial charge in [-0.05, 0) is 93.4 Å². The van der Waals surface area contributed by atoms with Crippen molar-refractivity contribution >= 4 is 43.6 Å². The zero-order chi connectivity index (χ0) is 33.2. The van der Waals surface area contributed by atoms with Crippen molar-refractivity contribution in [2.75, 3.05) is 0 Å². The van der Waals surface area contributed by atoms with Crippen LogP contribution >= 0.6 is 0 Å². The maximum atomic E-state index is 6.85. The van der Waals surface area contributed by atoms with Crippen LogP contribution < -0.4 is 14.1 Å². The first-order valence-electron chi connectivity index (χ1n) is 17.5. The molecule has 5 aromatic carbocycles. The summed E-state index contributed by atoms with van der Waals surface area (Å²) in [6.07, 6.45) is 2.22. The Morgan fingerprint density at radius 2 is 1.48 bits per heavy atom. The highest BCUT2D eigenvalue weighted by Gasteiger charge is 2.70. The minimum absolute atomic E-state index is 0.812. The van der Waals surface area contributed by atoms with Gasteiger partial charge in [0, 0.05) is 50.3 Å². The Hall–Kier alpha value is -6.21. The van der Waals surface area contributed by atoms with Crippen molar-refractivity contribution in [1.29, 1.82) is 0 Å². The van der Waals surface area contributed by atoms with Crippen molar-refractivity contribution in [2.45, 2.75) is 39.9 Å². The van der Waals surface area contributed by atoms with Crippen molar-refractivity contribution in [3.05, 3.63) is 137 Å². The third-order valence-corrected chi connectivity index (χ3v) is 11.7. The molecular weight excluding hydrogens is 617 g/mol. The average Bonchev–Trinajstić information content (AvgIpc) is 3.85. The van der Waals surface area contributed by atoms with Crippen molar-refractivity contribution in [2.24, 2.45) is 0 Å². The summed E-state index contributed by atoms with van der Waals surface area (Å²) in [6, 6.07) is 37.2. The molecule has 0 bridgehead atoms. The van der Waals surface area contributed by atoms with E-state index in [1.54, 1.807) is 0 Å². The van der Waals surface area contributed by atoms with E-state index in [1.807, 2.05) is 0 Å². The summed E-state index contributed by atoms with van der Waals surface area (Å²) in [7, 11) is 0. The predicted octanol–water partition coefficient (Wildman–Crippen LogP) is 8.29. The first-order valence-corrected chi connectivity index (χ1v) is 17.5. The fraction of sp³-hybridized carbons (Fsp3) is 0.140. The number of rotatable bonds is 2. The second-order valence-electron chi connectivity index (χ2n) is 14.0. The molecule has 1 atom stereocenters. The summed E-state index contributed by atoms with van der Waals surface area (Å²) < 4.78 is 16.5. The number of benzene rings is 5. The summed E-state index contributed by atoms with van der Waals surface area (Å²) >= 11 is 0. The van der Waals surface area contributed by atoms with E-state index < -0.39 is 5.66 Å². The van der Waals surface area contributed by atoms with Crippen LogP contribution in [0.25, 0.3) is 66.4 Å². The number of nitrogens with zero attached hydrogens (tertiary/aromatic N) is 6. The summed E-state index contributed by atoms with van der Waals surface area (Å²) in [6.45, 7) is 9.89. The Morgan fingerprint density at radius 3 is 2.32 bits per heavy atom. The van der Waals surface area contributed by atoms with Gasteiger partial charge in [-0.15, -0.1) is 0 Å². The Kier molecular flexibility index (Phi) is 4.64.